The third-order valence-electron chi connectivity index (χ3n) is 8.60. The molecule has 5 aliphatic rings. The van der Waals surface area contributed by atoms with Crippen LogP contribution in [0.15, 0.2) is 24.3 Å². The molecular weight excluding hydrogens is 345 g/mol. The van der Waals surface area contributed by atoms with Gasteiger partial charge in [0, 0.05) is 24.9 Å². The Labute approximate surface area is 159 Å². The van der Waals surface area contributed by atoms with E-state index >= 15 is 0 Å². The number of halogens is 1. The summed E-state index contributed by atoms with van der Waals surface area (Å²) >= 11 is 0. The van der Waals surface area contributed by atoms with E-state index < -0.39 is 11.7 Å². The second-order valence-electron chi connectivity index (χ2n) is 9.55. The Morgan fingerprint density at radius 2 is 1.74 bits per heavy atom. The van der Waals surface area contributed by atoms with Gasteiger partial charge in [-0.05, 0) is 67.1 Å². The van der Waals surface area contributed by atoms with Gasteiger partial charge in [-0.15, -0.1) is 0 Å². The molecule has 1 heterocycles. The highest BCUT2D eigenvalue weighted by Crippen LogP contribution is 2.75. The van der Waals surface area contributed by atoms with Crippen LogP contribution in [0.3, 0.4) is 0 Å². The van der Waals surface area contributed by atoms with E-state index in [9.17, 15) is 19.4 Å². The van der Waals surface area contributed by atoms with E-state index in [2.05, 4.69) is 6.92 Å². The summed E-state index contributed by atoms with van der Waals surface area (Å²) in [4.78, 5) is 14.8. The van der Waals surface area contributed by atoms with E-state index in [4.69, 9.17) is 0 Å². The molecule has 27 heavy (non-hydrogen) atoms. The summed E-state index contributed by atoms with van der Waals surface area (Å²) in [7, 11) is 0. The maximum absolute atomic E-state index is 13.6. The van der Waals surface area contributed by atoms with Crippen LogP contribution in [0.2, 0.25) is 0 Å². The minimum absolute atomic E-state index is 0.0120. The summed E-state index contributed by atoms with van der Waals surface area (Å²) < 4.78 is 13.6. The molecule has 1 aliphatic heterocycles. The van der Waals surface area contributed by atoms with Crippen molar-refractivity contribution in [1.82, 2.24) is 4.90 Å². The van der Waals surface area contributed by atoms with Crippen molar-refractivity contribution in [3.63, 3.8) is 0 Å². The third kappa shape index (κ3) is 2.18. The van der Waals surface area contributed by atoms with Crippen LogP contribution in [-0.4, -0.2) is 45.8 Å². The molecule has 1 aromatic carbocycles. The zero-order valence-electron chi connectivity index (χ0n) is 15.8. The molecule has 146 valence electrons. The summed E-state index contributed by atoms with van der Waals surface area (Å²) in [6.07, 6.45) is 4.34. The number of benzene rings is 1. The van der Waals surface area contributed by atoms with E-state index in [0.29, 0.717) is 19.5 Å². The average Bonchev–Trinajstić information content (AvgIpc) is 2.99. The Bertz CT molecular complexity index is 754. The molecule has 5 heteroatoms. The third-order valence-corrected chi connectivity index (χ3v) is 8.60. The Balaban J connectivity index is 1.55. The molecule has 4 saturated carbocycles. The van der Waals surface area contributed by atoms with Crippen LogP contribution in [0.4, 0.5) is 4.39 Å². The van der Waals surface area contributed by atoms with Crippen molar-refractivity contribution in [2.75, 3.05) is 13.1 Å². The van der Waals surface area contributed by atoms with Crippen LogP contribution in [0.25, 0.3) is 0 Å². The van der Waals surface area contributed by atoms with Crippen molar-refractivity contribution in [2.45, 2.75) is 62.6 Å². The van der Waals surface area contributed by atoms with Gasteiger partial charge < -0.3 is 15.1 Å². The van der Waals surface area contributed by atoms with Gasteiger partial charge in [-0.1, -0.05) is 19.1 Å². The van der Waals surface area contributed by atoms with Crippen LogP contribution in [-0.2, 0) is 10.2 Å². The minimum atomic E-state index is -0.601. The van der Waals surface area contributed by atoms with Gasteiger partial charge >= 0.3 is 0 Å². The summed E-state index contributed by atoms with van der Waals surface area (Å²) in [5.41, 5.74) is 0.104. The lowest BCUT2D eigenvalue weighted by molar-refractivity contribution is -0.145. The number of hydrogen-bond donors (Lipinski definition) is 2. The number of carbonyl (C=O) groups excluding carboxylic acids is 1. The molecule has 0 aromatic heterocycles. The standard InChI is InChI=1S/C22H28FNO3/c1-2-20-7-15-9-21(20,27)10-16(8-20)22(15,14-3-5-17(23)6-4-14)11-19(26)24-12-18(25)13-24/h3-6,15-16,18,25,27H,2,7-13H2,1H3. The lowest BCUT2D eigenvalue weighted by atomic mass is 9.53. The quantitative estimate of drug-likeness (QED) is 0.853. The van der Waals surface area contributed by atoms with Crippen LogP contribution in [0.5, 0.6) is 0 Å². The molecule has 0 radical (unpaired) electrons. The number of aliphatic hydroxyl groups excluding tert-OH is 1. The Kier molecular flexibility index (Phi) is 3.62. The van der Waals surface area contributed by atoms with Crippen molar-refractivity contribution in [3.8, 4) is 0 Å². The van der Waals surface area contributed by atoms with Gasteiger partial charge in [-0.2, -0.15) is 0 Å². The fraction of sp³-hybridized carbons (Fsp3) is 0.682. The molecule has 1 amide bonds. The highest BCUT2D eigenvalue weighted by atomic mass is 19.1. The van der Waals surface area contributed by atoms with E-state index in [1.165, 1.54) is 12.1 Å². The number of aliphatic hydroxyl groups is 2. The van der Waals surface area contributed by atoms with Gasteiger partial charge in [0.05, 0.1) is 11.7 Å². The number of likely N-dealkylation sites (tertiary alicyclic amines) is 1. The van der Waals surface area contributed by atoms with Crippen molar-refractivity contribution >= 4 is 5.91 Å². The first kappa shape index (κ1) is 17.6. The van der Waals surface area contributed by atoms with Crippen molar-refractivity contribution in [2.24, 2.45) is 17.3 Å². The van der Waals surface area contributed by atoms with Crippen molar-refractivity contribution < 1.29 is 19.4 Å². The van der Waals surface area contributed by atoms with Crippen LogP contribution < -0.4 is 0 Å². The van der Waals surface area contributed by atoms with Gasteiger partial charge in [-0.3, -0.25) is 4.79 Å². The van der Waals surface area contributed by atoms with E-state index in [1.54, 1.807) is 4.90 Å². The molecule has 2 N–H and O–H groups in total. The largest absolute Gasteiger partial charge is 0.389 e. The zero-order valence-corrected chi connectivity index (χ0v) is 15.8. The normalized spacial score (nSPS) is 42.6. The van der Waals surface area contributed by atoms with Gasteiger partial charge in [-0.25, -0.2) is 4.39 Å². The molecule has 5 fully saturated rings. The molecule has 4 bridgehead atoms. The van der Waals surface area contributed by atoms with E-state index in [1.807, 2.05) is 12.1 Å². The second kappa shape index (κ2) is 5.54. The molecule has 4 aliphatic carbocycles. The number of β-amino-alcohol motifs (C(OH)–C–C–N with tert-alkyl or cyclic N) is 1. The second-order valence-corrected chi connectivity index (χ2v) is 9.55. The zero-order chi connectivity index (χ0) is 19.0. The molecular formula is C22H28FNO3. The monoisotopic (exact) mass is 373 g/mol. The summed E-state index contributed by atoms with van der Waals surface area (Å²) in [6.45, 7) is 3.00. The lowest BCUT2D eigenvalue weighted by Gasteiger charge is -2.51. The number of amides is 1. The predicted octanol–water partition coefficient (Wildman–Crippen LogP) is 2.62. The Morgan fingerprint density at radius 1 is 1.15 bits per heavy atom. The van der Waals surface area contributed by atoms with Crippen molar-refractivity contribution in [1.29, 1.82) is 0 Å². The molecule has 4 nitrogen and oxygen atoms in total. The first-order valence-corrected chi connectivity index (χ1v) is 10.3. The van der Waals surface area contributed by atoms with Gasteiger partial charge in [0.15, 0.2) is 0 Å². The molecule has 1 saturated heterocycles. The molecule has 2 unspecified atom stereocenters. The SMILES string of the molecule is CCC12CC3CC1(O)CC(C2)C3(CC(=O)N1CC(O)C1)c1ccc(F)cc1. The topological polar surface area (TPSA) is 60.8 Å². The highest BCUT2D eigenvalue weighted by molar-refractivity contribution is 5.79. The molecule has 1 aromatic rings. The number of rotatable bonds is 4. The van der Waals surface area contributed by atoms with Crippen LogP contribution in [0.1, 0.15) is 51.0 Å². The smallest absolute Gasteiger partial charge is 0.223 e. The number of hydrogen-bond acceptors (Lipinski definition) is 3. The maximum atomic E-state index is 13.6. The fourth-order valence-corrected chi connectivity index (χ4v) is 7.21. The minimum Gasteiger partial charge on any atom is -0.389 e. The molecule has 2 atom stereocenters. The Hall–Kier alpha value is -1.46. The van der Waals surface area contributed by atoms with E-state index in [-0.39, 0.29) is 34.4 Å². The molecule has 0 spiro atoms. The first-order chi connectivity index (χ1) is 12.8. The lowest BCUT2D eigenvalue weighted by Crippen LogP contribution is -2.57. The predicted molar refractivity (Wildman–Crippen MR) is 98.4 cm³/mol. The van der Waals surface area contributed by atoms with Crippen LogP contribution >= 0.6 is 0 Å². The first-order valence-electron chi connectivity index (χ1n) is 10.3. The average molecular weight is 373 g/mol. The van der Waals surface area contributed by atoms with E-state index in [0.717, 1.165) is 37.7 Å². The summed E-state index contributed by atoms with van der Waals surface area (Å²) in [5.74, 6) is 0.309. The highest BCUT2D eigenvalue weighted by Gasteiger charge is 2.73. The molecule has 6 rings (SSSR count). The van der Waals surface area contributed by atoms with Gasteiger partial charge in [0.2, 0.25) is 5.91 Å². The van der Waals surface area contributed by atoms with Gasteiger partial charge in [0.25, 0.3) is 0 Å². The fourth-order valence-electron chi connectivity index (χ4n) is 7.21. The van der Waals surface area contributed by atoms with Crippen LogP contribution in [0, 0.1) is 23.1 Å². The number of nitrogens with zero attached hydrogens (tertiary/aromatic N) is 1. The summed E-state index contributed by atoms with van der Waals surface area (Å²) in [5, 5.41) is 20.9. The van der Waals surface area contributed by atoms with Crippen molar-refractivity contribution in [3.05, 3.63) is 35.6 Å². The Morgan fingerprint density at radius 3 is 2.22 bits per heavy atom. The van der Waals surface area contributed by atoms with Gasteiger partial charge in [0.1, 0.15) is 5.82 Å². The maximum Gasteiger partial charge on any atom is 0.223 e. The summed E-state index contributed by atoms with van der Waals surface area (Å²) in [6, 6.07) is 6.69. The number of carbonyl (C=O) groups is 1.